The van der Waals surface area contributed by atoms with E-state index in [-0.39, 0.29) is 0 Å². The molecule has 0 aliphatic heterocycles. The number of hydrogen-bond acceptors (Lipinski definition) is 3. The molecule has 1 atom stereocenters. The van der Waals surface area contributed by atoms with Gasteiger partial charge in [0.1, 0.15) is 0 Å². The number of thioether (sulfide) groups is 1. The lowest BCUT2D eigenvalue weighted by molar-refractivity contribution is 0.204. The molecule has 0 spiro atoms. The lowest BCUT2D eigenvalue weighted by Gasteiger charge is -2.11. The van der Waals surface area contributed by atoms with Crippen molar-refractivity contribution in [1.29, 1.82) is 0 Å². The summed E-state index contributed by atoms with van der Waals surface area (Å²) in [6.07, 6.45) is -0.487. The van der Waals surface area contributed by atoms with Gasteiger partial charge in [-0.3, -0.25) is 0 Å². The molecule has 2 rings (SSSR count). The second-order valence-corrected chi connectivity index (χ2v) is 5.41. The molecule has 18 heavy (non-hydrogen) atoms. The van der Waals surface area contributed by atoms with Crippen LogP contribution in [0.3, 0.4) is 0 Å². The highest BCUT2D eigenvalue weighted by molar-refractivity contribution is 7.99. The summed E-state index contributed by atoms with van der Waals surface area (Å²) in [5.41, 5.74) is 8.50. The normalized spacial score (nSPS) is 12.3. The lowest BCUT2D eigenvalue weighted by Crippen LogP contribution is -2.01. The van der Waals surface area contributed by atoms with Gasteiger partial charge in [0.25, 0.3) is 0 Å². The lowest BCUT2D eigenvalue weighted by atomic mass is 10.1. The van der Waals surface area contributed by atoms with Crippen molar-refractivity contribution in [3.8, 4) is 0 Å². The first-order chi connectivity index (χ1) is 8.65. The minimum Gasteiger partial charge on any atom is -0.399 e. The number of aryl methyl sites for hydroxylation is 1. The smallest absolute Gasteiger partial charge is 0.0884 e. The maximum absolute atomic E-state index is 10.1. The van der Waals surface area contributed by atoms with E-state index in [1.54, 1.807) is 11.8 Å². The maximum atomic E-state index is 10.1. The third-order valence-corrected chi connectivity index (χ3v) is 3.76. The first-order valence-corrected chi connectivity index (χ1v) is 6.86. The zero-order valence-electron chi connectivity index (χ0n) is 10.3. The molecule has 0 saturated heterocycles. The van der Waals surface area contributed by atoms with E-state index in [0.717, 1.165) is 5.56 Å². The standard InChI is InChI=1S/C15H17NOS/c1-11-4-2-7-14(8-11)18-10-15(17)12-5-3-6-13(16)9-12/h2-9,15,17H,10,16H2,1H3. The Kier molecular flexibility index (Phi) is 4.28. The van der Waals surface area contributed by atoms with Gasteiger partial charge in [-0.25, -0.2) is 0 Å². The zero-order chi connectivity index (χ0) is 13.0. The van der Waals surface area contributed by atoms with Crippen LogP contribution in [0.4, 0.5) is 5.69 Å². The Labute approximate surface area is 112 Å². The van der Waals surface area contributed by atoms with Gasteiger partial charge in [-0.15, -0.1) is 11.8 Å². The molecular formula is C15H17NOS. The number of aliphatic hydroxyl groups is 1. The van der Waals surface area contributed by atoms with Gasteiger partial charge in [0, 0.05) is 16.3 Å². The Morgan fingerprint density at radius 3 is 2.67 bits per heavy atom. The summed E-state index contributed by atoms with van der Waals surface area (Å²) >= 11 is 1.65. The predicted octanol–water partition coefficient (Wildman–Crippen LogP) is 3.40. The topological polar surface area (TPSA) is 46.2 Å². The molecule has 2 nitrogen and oxygen atoms in total. The van der Waals surface area contributed by atoms with Gasteiger partial charge in [-0.05, 0) is 36.8 Å². The monoisotopic (exact) mass is 259 g/mol. The highest BCUT2D eigenvalue weighted by atomic mass is 32.2. The molecule has 0 aliphatic carbocycles. The third-order valence-electron chi connectivity index (χ3n) is 2.69. The quantitative estimate of drug-likeness (QED) is 0.653. The molecule has 94 valence electrons. The molecule has 0 amide bonds. The molecule has 3 heteroatoms. The van der Waals surface area contributed by atoms with Crippen molar-refractivity contribution in [2.24, 2.45) is 0 Å². The van der Waals surface area contributed by atoms with Gasteiger partial charge in [0.2, 0.25) is 0 Å². The summed E-state index contributed by atoms with van der Waals surface area (Å²) in [5.74, 6) is 0.632. The number of benzene rings is 2. The molecular weight excluding hydrogens is 242 g/mol. The molecule has 0 radical (unpaired) electrons. The molecule has 1 unspecified atom stereocenters. The Morgan fingerprint density at radius 2 is 1.94 bits per heavy atom. The van der Waals surface area contributed by atoms with Crippen molar-refractivity contribution in [2.75, 3.05) is 11.5 Å². The summed E-state index contributed by atoms with van der Waals surface area (Å²) < 4.78 is 0. The first-order valence-electron chi connectivity index (χ1n) is 5.88. The third kappa shape index (κ3) is 3.52. The second-order valence-electron chi connectivity index (χ2n) is 4.31. The van der Waals surface area contributed by atoms with Crippen LogP contribution >= 0.6 is 11.8 Å². The summed E-state index contributed by atoms with van der Waals surface area (Å²) in [7, 11) is 0. The summed E-state index contributed by atoms with van der Waals surface area (Å²) in [6.45, 7) is 2.07. The van der Waals surface area contributed by atoms with Crippen molar-refractivity contribution in [3.63, 3.8) is 0 Å². The molecule has 0 heterocycles. The molecule has 3 N–H and O–H groups in total. The fourth-order valence-electron chi connectivity index (χ4n) is 1.74. The summed E-state index contributed by atoms with van der Waals surface area (Å²) in [4.78, 5) is 1.18. The van der Waals surface area contributed by atoms with E-state index in [1.165, 1.54) is 10.5 Å². The number of nitrogen functional groups attached to an aromatic ring is 1. The maximum Gasteiger partial charge on any atom is 0.0884 e. The number of aliphatic hydroxyl groups excluding tert-OH is 1. The van der Waals surface area contributed by atoms with Gasteiger partial charge in [0.05, 0.1) is 6.10 Å². The average molecular weight is 259 g/mol. The molecule has 0 fully saturated rings. The van der Waals surface area contributed by atoms with E-state index in [2.05, 4.69) is 25.1 Å². The zero-order valence-corrected chi connectivity index (χ0v) is 11.2. The molecule has 0 aromatic heterocycles. The molecule has 0 saturated carbocycles. The molecule has 2 aromatic carbocycles. The molecule has 0 aliphatic rings. The van der Waals surface area contributed by atoms with Crippen molar-refractivity contribution < 1.29 is 5.11 Å². The van der Waals surface area contributed by atoms with Crippen molar-refractivity contribution in [3.05, 3.63) is 59.7 Å². The van der Waals surface area contributed by atoms with Gasteiger partial charge in [0.15, 0.2) is 0 Å². The van der Waals surface area contributed by atoms with Crippen LogP contribution in [-0.4, -0.2) is 10.9 Å². The average Bonchev–Trinajstić information content (AvgIpc) is 2.36. The van der Waals surface area contributed by atoms with Crippen LogP contribution in [-0.2, 0) is 0 Å². The van der Waals surface area contributed by atoms with Crippen molar-refractivity contribution in [1.82, 2.24) is 0 Å². The Morgan fingerprint density at radius 1 is 1.17 bits per heavy atom. The van der Waals surface area contributed by atoms with Crippen molar-refractivity contribution in [2.45, 2.75) is 17.9 Å². The number of nitrogens with two attached hydrogens (primary N) is 1. The van der Waals surface area contributed by atoms with E-state index in [9.17, 15) is 5.11 Å². The largest absolute Gasteiger partial charge is 0.399 e. The van der Waals surface area contributed by atoms with Crippen LogP contribution in [0.15, 0.2) is 53.4 Å². The first kappa shape index (κ1) is 13.0. The second kappa shape index (κ2) is 5.94. The highest BCUT2D eigenvalue weighted by Crippen LogP contribution is 2.25. The minimum atomic E-state index is -0.487. The summed E-state index contributed by atoms with van der Waals surface area (Å²) in [5, 5.41) is 10.1. The van der Waals surface area contributed by atoms with Crippen molar-refractivity contribution >= 4 is 17.4 Å². The minimum absolute atomic E-state index is 0.487. The highest BCUT2D eigenvalue weighted by Gasteiger charge is 2.08. The predicted molar refractivity (Wildman–Crippen MR) is 77.7 cm³/mol. The summed E-state index contributed by atoms with van der Waals surface area (Å²) in [6, 6.07) is 15.7. The van der Waals surface area contributed by atoms with Gasteiger partial charge in [-0.2, -0.15) is 0 Å². The van der Waals surface area contributed by atoms with E-state index < -0.39 is 6.10 Å². The number of hydrogen-bond donors (Lipinski definition) is 2. The Balaban J connectivity index is 1.98. The molecule has 2 aromatic rings. The Hall–Kier alpha value is -1.45. The van der Waals surface area contributed by atoms with Gasteiger partial charge in [-0.1, -0.05) is 29.8 Å². The van der Waals surface area contributed by atoms with Crippen LogP contribution in [0.25, 0.3) is 0 Å². The van der Waals surface area contributed by atoms with E-state index in [4.69, 9.17) is 5.73 Å². The van der Waals surface area contributed by atoms with Gasteiger partial charge < -0.3 is 10.8 Å². The van der Waals surface area contributed by atoms with E-state index in [0.29, 0.717) is 11.4 Å². The fraction of sp³-hybridized carbons (Fsp3) is 0.200. The fourth-order valence-corrected chi connectivity index (χ4v) is 2.73. The van der Waals surface area contributed by atoms with Crippen LogP contribution in [0, 0.1) is 6.92 Å². The SMILES string of the molecule is Cc1cccc(SCC(O)c2cccc(N)c2)c1. The van der Waals surface area contributed by atoms with Crippen LogP contribution < -0.4 is 5.73 Å². The Bertz CT molecular complexity index is 527. The van der Waals surface area contributed by atoms with Crippen LogP contribution in [0.5, 0.6) is 0 Å². The number of rotatable bonds is 4. The van der Waals surface area contributed by atoms with E-state index in [1.807, 2.05) is 30.3 Å². The molecule has 0 bridgehead atoms. The van der Waals surface area contributed by atoms with Crippen LogP contribution in [0.2, 0.25) is 0 Å². The van der Waals surface area contributed by atoms with Gasteiger partial charge >= 0.3 is 0 Å². The van der Waals surface area contributed by atoms with Crippen LogP contribution in [0.1, 0.15) is 17.2 Å². The number of anilines is 1. The van der Waals surface area contributed by atoms with E-state index >= 15 is 0 Å².